The van der Waals surface area contributed by atoms with Crippen LogP contribution in [0.3, 0.4) is 0 Å². The van der Waals surface area contributed by atoms with Crippen LogP contribution in [0, 0.1) is 5.41 Å². The fourth-order valence-corrected chi connectivity index (χ4v) is 3.11. The predicted molar refractivity (Wildman–Crippen MR) is 107 cm³/mol. The molecule has 0 radical (unpaired) electrons. The van der Waals surface area contributed by atoms with Crippen LogP contribution < -0.4 is 0 Å². The van der Waals surface area contributed by atoms with Crippen LogP contribution in [0.4, 0.5) is 0 Å². The maximum Gasteiger partial charge on any atom is 0.230 e. The van der Waals surface area contributed by atoms with Gasteiger partial charge in [0.2, 0.25) is 5.91 Å². The van der Waals surface area contributed by atoms with Gasteiger partial charge in [0.25, 0.3) is 0 Å². The zero-order valence-corrected chi connectivity index (χ0v) is 16.5. The molecule has 0 aliphatic heterocycles. The number of rotatable bonds is 8. The number of hydrogen-bond donors (Lipinski definition) is 0. The van der Waals surface area contributed by atoms with Crippen molar-refractivity contribution in [2.45, 2.75) is 33.5 Å². The molecule has 27 heavy (non-hydrogen) atoms. The summed E-state index contributed by atoms with van der Waals surface area (Å²) >= 11 is 6.06. The molecule has 0 bridgehead atoms. The van der Waals surface area contributed by atoms with Crippen molar-refractivity contribution in [3.05, 3.63) is 84.1 Å². The second-order valence-electron chi connectivity index (χ2n) is 7.37. The first-order valence-corrected chi connectivity index (χ1v) is 9.59. The third kappa shape index (κ3) is 4.83. The van der Waals surface area contributed by atoms with Crippen molar-refractivity contribution in [1.29, 1.82) is 0 Å². The van der Waals surface area contributed by atoms with E-state index in [9.17, 15) is 4.79 Å². The summed E-state index contributed by atoms with van der Waals surface area (Å²) in [4.78, 5) is 14.9. The van der Waals surface area contributed by atoms with E-state index in [0.29, 0.717) is 13.1 Å². The van der Waals surface area contributed by atoms with E-state index in [1.165, 1.54) is 5.56 Å². The lowest BCUT2D eigenvalue weighted by molar-refractivity contribution is -0.141. The summed E-state index contributed by atoms with van der Waals surface area (Å²) in [7, 11) is 0. The Morgan fingerprint density at radius 3 is 2.52 bits per heavy atom. The minimum Gasteiger partial charge on any atom is -0.467 e. The third-order valence-electron chi connectivity index (χ3n) is 4.60. The molecule has 2 aromatic heterocycles. The molecule has 0 aliphatic carbocycles. The molecule has 2 heterocycles. The minimum atomic E-state index is -0.634. The quantitative estimate of drug-likeness (QED) is 0.517. The third-order valence-corrected chi connectivity index (χ3v) is 5.27. The van der Waals surface area contributed by atoms with Crippen molar-refractivity contribution in [3.8, 4) is 0 Å². The van der Waals surface area contributed by atoms with Crippen LogP contribution in [0.5, 0.6) is 0 Å². The molecule has 1 amide bonds. The number of aromatic nitrogens is 1. The molecule has 0 saturated carbocycles. The Bertz CT molecular complexity index is 854. The molecule has 142 valence electrons. The molecule has 0 aliphatic rings. The van der Waals surface area contributed by atoms with Crippen LogP contribution in [0.25, 0.3) is 0 Å². The van der Waals surface area contributed by atoms with Gasteiger partial charge in [-0.15, -0.1) is 11.6 Å². The lowest BCUT2D eigenvalue weighted by Crippen LogP contribution is -2.41. The molecular weight excluding hydrogens is 360 g/mol. The fraction of sp³-hybridized carbons (Fsp3) is 0.318. The lowest BCUT2D eigenvalue weighted by Gasteiger charge is -2.30. The molecular formula is C22H25ClN2O2. The van der Waals surface area contributed by atoms with Crippen LogP contribution >= 0.6 is 11.6 Å². The lowest BCUT2D eigenvalue weighted by atomic mass is 9.94. The topological polar surface area (TPSA) is 38.4 Å². The van der Waals surface area contributed by atoms with Crippen molar-refractivity contribution in [2.24, 2.45) is 5.41 Å². The Hall–Kier alpha value is -2.46. The summed E-state index contributed by atoms with van der Waals surface area (Å²) in [5.41, 5.74) is 1.66. The maximum absolute atomic E-state index is 13.1. The number of carbonyl (C=O) groups is 1. The Morgan fingerprint density at radius 2 is 1.85 bits per heavy atom. The first-order valence-electron chi connectivity index (χ1n) is 9.05. The van der Waals surface area contributed by atoms with E-state index in [2.05, 4.69) is 22.8 Å². The Labute approximate surface area is 165 Å². The highest BCUT2D eigenvalue weighted by atomic mass is 35.5. The van der Waals surface area contributed by atoms with Crippen LogP contribution in [0.15, 0.2) is 71.5 Å². The molecule has 0 spiro atoms. The van der Waals surface area contributed by atoms with Gasteiger partial charge in [0.05, 0.1) is 24.8 Å². The van der Waals surface area contributed by atoms with Gasteiger partial charge in [-0.2, -0.15) is 0 Å². The van der Waals surface area contributed by atoms with Crippen molar-refractivity contribution >= 4 is 17.5 Å². The average Bonchev–Trinajstić information content (AvgIpc) is 3.34. The van der Waals surface area contributed by atoms with Gasteiger partial charge in [-0.3, -0.25) is 4.79 Å². The van der Waals surface area contributed by atoms with Gasteiger partial charge in [0.1, 0.15) is 5.76 Å². The molecule has 5 heteroatoms. The highest BCUT2D eigenvalue weighted by Crippen LogP contribution is 2.24. The molecule has 0 unspecified atom stereocenters. The van der Waals surface area contributed by atoms with E-state index in [1.54, 1.807) is 6.26 Å². The average molecular weight is 385 g/mol. The molecule has 3 aromatic rings. The molecule has 1 aromatic carbocycles. The standard InChI is InChI=1S/C22H25ClN2O2/c1-22(2,17-23)21(26)25(16-20-11-7-13-27-20)15-19-10-6-12-24(19)14-18-8-4-3-5-9-18/h3-13H,14-17H2,1-2H3. The number of nitrogens with zero attached hydrogens (tertiary/aromatic N) is 2. The second-order valence-corrected chi connectivity index (χ2v) is 7.64. The summed E-state index contributed by atoms with van der Waals surface area (Å²) < 4.78 is 7.64. The molecule has 0 N–H and O–H groups in total. The van der Waals surface area contributed by atoms with Crippen LogP contribution in [0.1, 0.15) is 30.9 Å². The van der Waals surface area contributed by atoms with E-state index in [4.69, 9.17) is 16.0 Å². The van der Waals surface area contributed by atoms with Gasteiger partial charge < -0.3 is 13.9 Å². The van der Waals surface area contributed by atoms with E-state index in [0.717, 1.165) is 18.0 Å². The number of hydrogen-bond acceptors (Lipinski definition) is 2. The first-order chi connectivity index (χ1) is 13.0. The zero-order valence-electron chi connectivity index (χ0n) is 15.8. The predicted octanol–water partition coefficient (Wildman–Crippen LogP) is 4.92. The maximum atomic E-state index is 13.1. The van der Waals surface area contributed by atoms with Gasteiger partial charge in [0.15, 0.2) is 0 Å². The summed E-state index contributed by atoms with van der Waals surface area (Å²) in [6.45, 7) is 5.44. The highest BCUT2D eigenvalue weighted by Gasteiger charge is 2.32. The molecule has 0 fully saturated rings. The summed E-state index contributed by atoms with van der Waals surface area (Å²) in [5.74, 6) is 1.04. The van der Waals surface area contributed by atoms with E-state index < -0.39 is 5.41 Å². The van der Waals surface area contributed by atoms with Crippen molar-refractivity contribution in [3.63, 3.8) is 0 Å². The SMILES string of the molecule is CC(C)(CCl)C(=O)N(Cc1ccco1)Cc1cccn1Cc1ccccc1. The number of halogens is 1. The fourth-order valence-electron chi connectivity index (χ4n) is 3.00. The van der Waals surface area contributed by atoms with Crippen molar-refractivity contribution < 1.29 is 9.21 Å². The van der Waals surface area contributed by atoms with Crippen molar-refractivity contribution in [2.75, 3.05) is 5.88 Å². The van der Waals surface area contributed by atoms with Crippen LogP contribution in [-0.2, 0) is 24.4 Å². The van der Waals surface area contributed by atoms with E-state index >= 15 is 0 Å². The van der Waals surface area contributed by atoms with Gasteiger partial charge in [-0.05, 0) is 43.7 Å². The van der Waals surface area contributed by atoms with Crippen LogP contribution in [0.2, 0.25) is 0 Å². The van der Waals surface area contributed by atoms with E-state index in [1.807, 2.05) is 61.3 Å². The van der Waals surface area contributed by atoms with Crippen molar-refractivity contribution in [1.82, 2.24) is 9.47 Å². The number of benzene rings is 1. The Kier molecular flexibility index (Phi) is 6.07. The van der Waals surface area contributed by atoms with E-state index in [-0.39, 0.29) is 11.8 Å². The number of amides is 1. The summed E-state index contributed by atoms with van der Waals surface area (Å²) in [5, 5.41) is 0. The second kappa shape index (κ2) is 8.49. The van der Waals surface area contributed by atoms with Gasteiger partial charge >= 0.3 is 0 Å². The number of carbonyl (C=O) groups excluding carboxylic acids is 1. The molecule has 3 rings (SSSR count). The first kappa shape index (κ1) is 19.3. The highest BCUT2D eigenvalue weighted by molar-refractivity contribution is 6.19. The molecule has 0 atom stereocenters. The normalized spacial score (nSPS) is 11.5. The molecule has 0 saturated heterocycles. The Morgan fingerprint density at radius 1 is 1.07 bits per heavy atom. The monoisotopic (exact) mass is 384 g/mol. The number of alkyl halides is 1. The smallest absolute Gasteiger partial charge is 0.230 e. The van der Waals surface area contributed by atoms with Gasteiger partial charge in [-0.25, -0.2) is 0 Å². The number of furan rings is 1. The summed E-state index contributed by atoms with van der Waals surface area (Å²) in [6.07, 6.45) is 3.67. The Balaban J connectivity index is 1.82. The summed E-state index contributed by atoms with van der Waals surface area (Å²) in [6, 6.07) is 18.1. The van der Waals surface area contributed by atoms with Gasteiger partial charge in [-0.1, -0.05) is 30.3 Å². The zero-order chi connectivity index (χ0) is 19.3. The van der Waals surface area contributed by atoms with Gasteiger partial charge in [0, 0.05) is 24.3 Å². The minimum absolute atomic E-state index is 0.0151. The largest absolute Gasteiger partial charge is 0.467 e. The molecule has 4 nitrogen and oxygen atoms in total. The van der Waals surface area contributed by atoms with Crippen LogP contribution in [-0.4, -0.2) is 21.3 Å².